The van der Waals surface area contributed by atoms with Crippen molar-refractivity contribution in [2.24, 2.45) is 9.98 Å². The molecule has 0 saturated carbocycles. The molecule has 3 rings (SSSR count). The van der Waals surface area contributed by atoms with Crippen LogP contribution in [-0.4, -0.2) is 94.8 Å². The number of amides is 5. The summed E-state index contributed by atoms with van der Waals surface area (Å²) in [6.07, 6.45) is -4.37. The van der Waals surface area contributed by atoms with E-state index >= 15 is 0 Å². The lowest BCUT2D eigenvalue weighted by Gasteiger charge is -2.29. The molecule has 124 valence electrons. The lowest BCUT2D eigenvalue weighted by Crippen LogP contribution is -2.53. The molecule has 11 nitrogen and oxygen atoms in total. The van der Waals surface area contributed by atoms with Gasteiger partial charge in [-0.1, -0.05) is 0 Å². The number of nitrogens with zero attached hydrogens (tertiary/aromatic N) is 4. The zero-order chi connectivity index (χ0) is 16.9. The van der Waals surface area contributed by atoms with Gasteiger partial charge in [-0.2, -0.15) is 9.98 Å². The van der Waals surface area contributed by atoms with Gasteiger partial charge in [0.2, 0.25) is 0 Å². The highest BCUT2D eigenvalue weighted by Crippen LogP contribution is 2.30. The van der Waals surface area contributed by atoms with E-state index in [4.69, 9.17) is 9.47 Å². The molecular weight excluding hydrogens is 312 g/mol. The summed E-state index contributed by atoms with van der Waals surface area (Å²) in [5.74, 6) is -1.01. The molecule has 5 amide bonds. The van der Waals surface area contributed by atoms with Gasteiger partial charge in [0.05, 0.1) is 6.61 Å². The van der Waals surface area contributed by atoms with Gasteiger partial charge in [-0.25, -0.2) is 14.5 Å². The number of urea groups is 2. The number of carbonyl (C=O) groups excluding carboxylic acids is 3. The molecule has 0 bridgehead atoms. The van der Waals surface area contributed by atoms with E-state index in [2.05, 4.69) is 9.98 Å². The molecule has 3 heterocycles. The number of hydrogen-bond acceptors (Lipinski definition) is 7. The Morgan fingerprint density at radius 3 is 2.57 bits per heavy atom. The second kappa shape index (κ2) is 5.45. The monoisotopic (exact) mass is 326 g/mol. The molecule has 0 aromatic rings. The second-order valence-electron chi connectivity index (χ2n) is 5.13. The Morgan fingerprint density at radius 2 is 1.96 bits per heavy atom. The molecule has 23 heavy (non-hydrogen) atoms. The van der Waals surface area contributed by atoms with Crippen molar-refractivity contribution in [1.82, 2.24) is 9.80 Å². The van der Waals surface area contributed by atoms with Crippen LogP contribution in [0.25, 0.3) is 0 Å². The number of imide groups is 1. The highest BCUT2D eigenvalue weighted by molar-refractivity contribution is 6.72. The third-order valence-electron chi connectivity index (χ3n) is 3.87. The summed E-state index contributed by atoms with van der Waals surface area (Å²) < 4.78 is 10.5. The van der Waals surface area contributed by atoms with Crippen LogP contribution in [0.4, 0.5) is 9.59 Å². The van der Waals surface area contributed by atoms with Crippen LogP contribution in [0.15, 0.2) is 9.98 Å². The van der Waals surface area contributed by atoms with E-state index in [-0.39, 0.29) is 11.5 Å². The fraction of sp³-hybridized carbons (Fsp3) is 0.583. The van der Waals surface area contributed by atoms with Crippen molar-refractivity contribution in [1.29, 1.82) is 0 Å². The van der Waals surface area contributed by atoms with Crippen LogP contribution in [0.1, 0.15) is 0 Å². The number of aliphatic imine (C=N–C) groups is 2. The van der Waals surface area contributed by atoms with E-state index < -0.39 is 49.1 Å². The molecule has 2 N–H and O–H groups in total. The van der Waals surface area contributed by atoms with E-state index in [9.17, 15) is 24.6 Å². The normalized spacial score (nSPS) is 34.0. The lowest BCUT2D eigenvalue weighted by atomic mass is 10.1. The molecule has 1 saturated heterocycles. The fourth-order valence-electron chi connectivity index (χ4n) is 2.63. The highest BCUT2D eigenvalue weighted by atomic mass is 16.6. The molecule has 1 fully saturated rings. The third kappa shape index (κ3) is 2.16. The van der Waals surface area contributed by atoms with Crippen molar-refractivity contribution in [3.8, 4) is 0 Å². The van der Waals surface area contributed by atoms with Crippen molar-refractivity contribution in [2.75, 3.05) is 20.8 Å². The maximum Gasteiger partial charge on any atom is 0.352 e. The number of carbonyl (C=O) groups is 3. The van der Waals surface area contributed by atoms with E-state index in [0.29, 0.717) is 0 Å². The lowest BCUT2D eigenvalue weighted by molar-refractivity contribution is -0.120. The number of amidine groups is 1. The van der Waals surface area contributed by atoms with E-state index in [1.807, 2.05) is 0 Å². The van der Waals surface area contributed by atoms with Crippen molar-refractivity contribution in [2.45, 2.75) is 24.5 Å². The Balaban J connectivity index is 1.98. The van der Waals surface area contributed by atoms with Crippen LogP contribution in [0.3, 0.4) is 0 Å². The minimum atomic E-state index is -1.20. The first-order valence-electron chi connectivity index (χ1n) is 6.70. The van der Waals surface area contributed by atoms with Gasteiger partial charge in [-0.15, -0.1) is 0 Å². The Labute approximate surface area is 129 Å². The Hall–Kier alpha value is -2.21. The average molecular weight is 326 g/mol. The largest absolute Gasteiger partial charge is 0.394 e. The first-order chi connectivity index (χ1) is 10.9. The van der Waals surface area contributed by atoms with Crippen LogP contribution in [0.5, 0.6) is 0 Å². The molecular formula is C12H14N4O7. The van der Waals surface area contributed by atoms with Crippen LogP contribution in [-0.2, 0) is 14.3 Å². The van der Waals surface area contributed by atoms with Gasteiger partial charge in [0.1, 0.15) is 18.3 Å². The molecule has 3 aliphatic heterocycles. The minimum Gasteiger partial charge on any atom is -0.394 e. The Kier molecular flexibility index (Phi) is 3.72. The van der Waals surface area contributed by atoms with E-state index in [0.717, 1.165) is 9.80 Å². The molecule has 11 heteroatoms. The first kappa shape index (κ1) is 15.7. The van der Waals surface area contributed by atoms with E-state index in [1.165, 1.54) is 14.2 Å². The molecule has 4 atom stereocenters. The number of fused-ring (bicyclic) bond motifs is 1. The Morgan fingerprint density at radius 1 is 1.26 bits per heavy atom. The van der Waals surface area contributed by atoms with Gasteiger partial charge < -0.3 is 19.7 Å². The Bertz CT molecular complexity index is 645. The number of rotatable bonds is 3. The van der Waals surface area contributed by atoms with Crippen molar-refractivity contribution in [3.05, 3.63) is 0 Å². The van der Waals surface area contributed by atoms with Gasteiger partial charge in [-0.05, 0) is 0 Å². The zero-order valence-electron chi connectivity index (χ0n) is 12.2. The maximum atomic E-state index is 12.1. The first-order valence-corrected chi connectivity index (χ1v) is 6.70. The summed E-state index contributed by atoms with van der Waals surface area (Å²) in [5.41, 5.74) is -0.280. The van der Waals surface area contributed by atoms with Crippen LogP contribution in [0, 0.1) is 0 Å². The number of hydrogen-bond donors (Lipinski definition) is 2. The van der Waals surface area contributed by atoms with E-state index in [1.54, 1.807) is 0 Å². The molecule has 0 aromatic carbocycles. The van der Waals surface area contributed by atoms with Gasteiger partial charge in [0, 0.05) is 14.2 Å². The number of ether oxygens (including phenoxy) is 2. The number of methoxy groups -OCH3 is 1. The molecule has 0 radical (unpaired) electrons. The topological polar surface area (TPSA) is 141 Å². The molecule has 0 unspecified atom stereocenters. The van der Waals surface area contributed by atoms with Gasteiger partial charge >= 0.3 is 12.1 Å². The number of aliphatic hydroxyl groups excluding tert-OH is 2. The summed E-state index contributed by atoms with van der Waals surface area (Å²) in [6, 6.07) is -1.72. The predicted molar refractivity (Wildman–Crippen MR) is 72.8 cm³/mol. The summed E-state index contributed by atoms with van der Waals surface area (Å²) in [6.45, 7) is -0.500. The maximum absolute atomic E-state index is 12.1. The standard InChI is InChI=1S/C12H14N4O7/c1-15-9(19)5-8(14-11(15)20)16(12(21)13-5)10-7(22-2)6(18)4(3-17)23-10/h4,6-7,10,17-18H,3H2,1-2H3/t4-,6-,7-,10-/m1/s1. The quantitative estimate of drug-likeness (QED) is 0.607. The van der Waals surface area contributed by atoms with Crippen molar-refractivity contribution >= 4 is 29.5 Å². The van der Waals surface area contributed by atoms with Crippen LogP contribution in [0.2, 0.25) is 0 Å². The van der Waals surface area contributed by atoms with Gasteiger partial charge in [-0.3, -0.25) is 9.69 Å². The fourth-order valence-corrected chi connectivity index (χ4v) is 2.63. The predicted octanol–water partition coefficient (Wildman–Crippen LogP) is -2.05. The van der Waals surface area contributed by atoms with Crippen molar-refractivity contribution in [3.63, 3.8) is 0 Å². The van der Waals surface area contributed by atoms with Crippen molar-refractivity contribution < 1.29 is 34.1 Å². The highest BCUT2D eigenvalue weighted by Gasteiger charge is 2.53. The molecule has 0 aromatic heterocycles. The smallest absolute Gasteiger partial charge is 0.352 e. The minimum absolute atomic E-state index is 0.249. The second-order valence-corrected chi connectivity index (χ2v) is 5.13. The average Bonchev–Trinajstić information content (AvgIpc) is 3.01. The van der Waals surface area contributed by atoms with Gasteiger partial charge in [0.15, 0.2) is 17.8 Å². The third-order valence-corrected chi connectivity index (χ3v) is 3.87. The molecule has 3 aliphatic rings. The van der Waals surface area contributed by atoms with Crippen LogP contribution >= 0.6 is 0 Å². The summed E-state index contributed by atoms with van der Waals surface area (Å²) in [7, 11) is 2.51. The molecule has 0 aliphatic carbocycles. The van der Waals surface area contributed by atoms with Gasteiger partial charge in [0.25, 0.3) is 5.91 Å². The summed E-state index contributed by atoms with van der Waals surface area (Å²) >= 11 is 0. The summed E-state index contributed by atoms with van der Waals surface area (Å²) in [4.78, 5) is 44.8. The van der Waals surface area contributed by atoms with Crippen LogP contribution < -0.4 is 0 Å². The summed E-state index contributed by atoms with van der Waals surface area (Å²) in [5, 5.41) is 19.3. The zero-order valence-corrected chi connectivity index (χ0v) is 12.2. The molecule has 0 spiro atoms. The number of aliphatic hydroxyl groups is 2. The SMILES string of the molecule is CO[C@@H]1[C@H](O)[C@@H](CO)O[C@H]1N1C(=O)N=C2C(=O)N(C)C(=O)N=C21.